The van der Waals surface area contributed by atoms with Crippen LogP contribution >= 0.6 is 0 Å². The summed E-state index contributed by atoms with van der Waals surface area (Å²) in [5.41, 5.74) is 1.55. The monoisotopic (exact) mass is 337 g/mol. The molecule has 0 radical (unpaired) electrons. The molecule has 3 heterocycles. The van der Waals surface area contributed by atoms with E-state index in [4.69, 9.17) is 4.52 Å². The van der Waals surface area contributed by atoms with E-state index in [1.54, 1.807) is 6.92 Å². The zero-order valence-corrected chi connectivity index (χ0v) is 14.0. The number of aromatic nitrogens is 4. The summed E-state index contributed by atoms with van der Waals surface area (Å²) in [4.78, 5) is 12.4. The Balaban J connectivity index is 1.48. The van der Waals surface area contributed by atoms with Crippen LogP contribution in [0.4, 0.5) is 0 Å². The summed E-state index contributed by atoms with van der Waals surface area (Å²) in [6, 6.07) is 10.1. The summed E-state index contributed by atoms with van der Waals surface area (Å²) in [5, 5.41) is 15.4. The van der Waals surface area contributed by atoms with Crippen molar-refractivity contribution in [1.82, 2.24) is 25.2 Å². The Kier molecular flexibility index (Phi) is 4.05. The van der Waals surface area contributed by atoms with Crippen LogP contribution in [0, 0.1) is 6.92 Å². The fourth-order valence-electron chi connectivity index (χ4n) is 3.21. The highest BCUT2D eigenvalue weighted by molar-refractivity contribution is 5.94. The number of hydrogen-bond acceptors (Lipinski definition) is 5. The number of hydrogen-bond donors (Lipinski definition) is 1. The van der Waals surface area contributed by atoms with E-state index in [9.17, 15) is 4.79 Å². The minimum absolute atomic E-state index is 0.0899. The normalized spacial score (nSPS) is 16.9. The summed E-state index contributed by atoms with van der Waals surface area (Å²) in [6.07, 6.45) is 3.92. The molecule has 7 nitrogen and oxygen atoms in total. The van der Waals surface area contributed by atoms with Crippen molar-refractivity contribution in [3.63, 3.8) is 0 Å². The Labute approximate surface area is 145 Å². The van der Waals surface area contributed by atoms with Gasteiger partial charge >= 0.3 is 0 Å². The van der Waals surface area contributed by atoms with E-state index in [-0.39, 0.29) is 11.9 Å². The van der Waals surface area contributed by atoms with Crippen LogP contribution in [0.3, 0.4) is 0 Å². The number of carbonyl (C=O) groups is 1. The summed E-state index contributed by atoms with van der Waals surface area (Å²) in [6.45, 7) is 2.52. The number of carbonyl (C=O) groups excluding carboxylic acids is 1. The highest BCUT2D eigenvalue weighted by Crippen LogP contribution is 2.22. The predicted molar refractivity (Wildman–Crippen MR) is 90.9 cm³/mol. The van der Waals surface area contributed by atoms with Gasteiger partial charge in [0.15, 0.2) is 5.82 Å². The lowest BCUT2D eigenvalue weighted by Crippen LogP contribution is -2.35. The van der Waals surface area contributed by atoms with Crippen molar-refractivity contribution in [3.05, 3.63) is 53.7 Å². The Morgan fingerprint density at radius 3 is 2.84 bits per heavy atom. The van der Waals surface area contributed by atoms with Crippen molar-refractivity contribution in [1.29, 1.82) is 0 Å². The van der Waals surface area contributed by atoms with Gasteiger partial charge in [-0.2, -0.15) is 0 Å². The first-order valence-corrected chi connectivity index (χ1v) is 8.42. The van der Waals surface area contributed by atoms with E-state index in [1.807, 2.05) is 30.3 Å². The van der Waals surface area contributed by atoms with Crippen LogP contribution in [0.5, 0.6) is 0 Å². The molecule has 1 aliphatic rings. The van der Waals surface area contributed by atoms with Gasteiger partial charge in [0.1, 0.15) is 17.1 Å². The van der Waals surface area contributed by atoms with E-state index >= 15 is 0 Å². The average Bonchev–Trinajstić information content (AvgIpc) is 3.19. The first-order valence-electron chi connectivity index (χ1n) is 8.42. The SMILES string of the molecule is Cc1oncc1C(=O)NC1CCc2nnc(-c3ccccc3)n2CC1. The minimum atomic E-state index is -0.135. The van der Waals surface area contributed by atoms with Gasteiger partial charge in [-0.3, -0.25) is 4.79 Å². The summed E-state index contributed by atoms with van der Waals surface area (Å²) < 4.78 is 7.13. The third-order valence-electron chi connectivity index (χ3n) is 4.61. The number of amides is 1. The second kappa shape index (κ2) is 6.51. The lowest BCUT2D eigenvalue weighted by molar-refractivity contribution is 0.0931. The van der Waals surface area contributed by atoms with Gasteiger partial charge < -0.3 is 14.4 Å². The van der Waals surface area contributed by atoms with E-state index in [1.165, 1.54) is 6.20 Å². The fourth-order valence-corrected chi connectivity index (χ4v) is 3.21. The fraction of sp³-hybridized carbons (Fsp3) is 0.333. The van der Waals surface area contributed by atoms with Gasteiger partial charge in [0.25, 0.3) is 5.91 Å². The van der Waals surface area contributed by atoms with Gasteiger partial charge in [-0.15, -0.1) is 10.2 Å². The molecule has 1 unspecified atom stereocenters. The number of benzene rings is 1. The largest absolute Gasteiger partial charge is 0.361 e. The van der Waals surface area contributed by atoms with Gasteiger partial charge in [0.05, 0.1) is 6.20 Å². The van der Waals surface area contributed by atoms with E-state index < -0.39 is 0 Å². The molecule has 1 N–H and O–H groups in total. The average molecular weight is 337 g/mol. The van der Waals surface area contributed by atoms with Gasteiger partial charge in [0, 0.05) is 24.6 Å². The van der Waals surface area contributed by atoms with E-state index in [0.29, 0.717) is 11.3 Å². The molecule has 1 aliphatic heterocycles. The first kappa shape index (κ1) is 15.6. The second-order valence-corrected chi connectivity index (χ2v) is 6.25. The molecule has 1 atom stereocenters. The third-order valence-corrected chi connectivity index (χ3v) is 4.61. The molecule has 128 valence electrons. The molecule has 3 aromatic rings. The first-order chi connectivity index (χ1) is 12.2. The molecule has 1 amide bonds. The molecular weight excluding hydrogens is 318 g/mol. The molecule has 4 rings (SSSR count). The van der Waals surface area contributed by atoms with Gasteiger partial charge in [-0.05, 0) is 19.8 Å². The second-order valence-electron chi connectivity index (χ2n) is 6.25. The van der Waals surface area contributed by atoms with Crippen molar-refractivity contribution in [3.8, 4) is 11.4 Å². The van der Waals surface area contributed by atoms with Gasteiger partial charge in [0.2, 0.25) is 0 Å². The van der Waals surface area contributed by atoms with Gasteiger partial charge in [-0.1, -0.05) is 35.5 Å². The van der Waals surface area contributed by atoms with Crippen molar-refractivity contribution >= 4 is 5.91 Å². The smallest absolute Gasteiger partial charge is 0.256 e. The predicted octanol–water partition coefficient (Wildman–Crippen LogP) is 2.38. The van der Waals surface area contributed by atoms with Crippen LogP contribution in [-0.2, 0) is 13.0 Å². The maximum atomic E-state index is 12.4. The number of nitrogens with one attached hydrogen (secondary N) is 1. The lowest BCUT2D eigenvalue weighted by atomic mass is 10.1. The van der Waals surface area contributed by atoms with E-state index in [2.05, 4.69) is 25.2 Å². The topological polar surface area (TPSA) is 85.8 Å². The van der Waals surface area contributed by atoms with Gasteiger partial charge in [-0.25, -0.2) is 0 Å². The maximum absolute atomic E-state index is 12.4. The highest BCUT2D eigenvalue weighted by atomic mass is 16.5. The van der Waals surface area contributed by atoms with Crippen LogP contribution < -0.4 is 5.32 Å². The number of nitrogens with zero attached hydrogens (tertiary/aromatic N) is 4. The number of fused-ring (bicyclic) bond motifs is 1. The standard InChI is InChI=1S/C18H19N5O2/c1-12-15(11-19-25-12)18(24)20-14-7-8-16-21-22-17(23(16)10-9-14)13-5-3-2-4-6-13/h2-6,11,14H,7-10H2,1H3,(H,20,24). The van der Waals surface area contributed by atoms with Crippen LogP contribution in [-0.4, -0.2) is 31.9 Å². The molecule has 0 saturated heterocycles. The lowest BCUT2D eigenvalue weighted by Gasteiger charge is -2.15. The van der Waals surface area contributed by atoms with Crippen LogP contribution in [0.15, 0.2) is 41.1 Å². The zero-order chi connectivity index (χ0) is 17.2. The van der Waals surface area contributed by atoms with Crippen molar-refractivity contribution < 1.29 is 9.32 Å². The van der Waals surface area contributed by atoms with E-state index in [0.717, 1.165) is 43.0 Å². The summed E-state index contributed by atoms with van der Waals surface area (Å²) in [5.74, 6) is 2.26. The molecular formula is C18H19N5O2. The molecule has 0 saturated carbocycles. The third kappa shape index (κ3) is 3.05. The van der Waals surface area contributed by atoms with Crippen molar-refractivity contribution in [2.75, 3.05) is 0 Å². The molecule has 25 heavy (non-hydrogen) atoms. The minimum Gasteiger partial charge on any atom is -0.361 e. The summed E-state index contributed by atoms with van der Waals surface area (Å²) >= 11 is 0. The van der Waals surface area contributed by atoms with Crippen LogP contribution in [0.25, 0.3) is 11.4 Å². The molecule has 0 bridgehead atoms. The quantitative estimate of drug-likeness (QED) is 0.793. The molecule has 0 spiro atoms. The Morgan fingerprint density at radius 1 is 1.24 bits per heavy atom. The molecule has 0 aliphatic carbocycles. The summed E-state index contributed by atoms with van der Waals surface area (Å²) in [7, 11) is 0. The molecule has 7 heteroatoms. The Bertz CT molecular complexity index is 884. The molecule has 1 aromatic carbocycles. The zero-order valence-electron chi connectivity index (χ0n) is 14.0. The number of rotatable bonds is 3. The Hall–Kier alpha value is -2.96. The molecule has 0 fully saturated rings. The van der Waals surface area contributed by atoms with Crippen molar-refractivity contribution in [2.45, 2.75) is 38.8 Å². The van der Waals surface area contributed by atoms with Crippen molar-refractivity contribution in [2.24, 2.45) is 0 Å². The maximum Gasteiger partial charge on any atom is 0.256 e. The highest BCUT2D eigenvalue weighted by Gasteiger charge is 2.23. The number of aryl methyl sites for hydroxylation is 2. The van der Waals surface area contributed by atoms with Crippen LogP contribution in [0.2, 0.25) is 0 Å². The van der Waals surface area contributed by atoms with Crippen LogP contribution in [0.1, 0.15) is 34.8 Å². The molecule has 2 aromatic heterocycles. The Morgan fingerprint density at radius 2 is 2.08 bits per heavy atom.